The SMILES string of the molecule is C=CCOc1ccc(-c2ccc(C#Cc3cccc4cc(F)ccc34)nc2)cc1. The fourth-order valence-corrected chi connectivity index (χ4v) is 3.03. The highest BCUT2D eigenvalue weighted by atomic mass is 19.1. The number of halogens is 1. The molecule has 0 aliphatic heterocycles. The first kappa shape index (κ1) is 18.5. The van der Waals surface area contributed by atoms with E-state index in [1.807, 2.05) is 60.8 Å². The molecule has 2 nitrogen and oxygen atoms in total. The van der Waals surface area contributed by atoms with Crippen molar-refractivity contribution in [3.63, 3.8) is 0 Å². The maximum atomic E-state index is 13.4. The van der Waals surface area contributed by atoms with Gasteiger partial charge in [0.05, 0.1) is 0 Å². The maximum Gasteiger partial charge on any atom is 0.123 e. The van der Waals surface area contributed by atoms with E-state index in [1.54, 1.807) is 12.1 Å². The average molecular weight is 379 g/mol. The lowest BCUT2D eigenvalue weighted by molar-refractivity contribution is 0.363. The molecule has 0 saturated heterocycles. The Bertz CT molecular complexity index is 1220. The van der Waals surface area contributed by atoms with Crippen molar-refractivity contribution in [2.24, 2.45) is 0 Å². The number of ether oxygens (including phenoxy) is 1. The van der Waals surface area contributed by atoms with Crippen molar-refractivity contribution in [1.29, 1.82) is 0 Å². The molecule has 3 heteroatoms. The molecule has 0 saturated carbocycles. The van der Waals surface area contributed by atoms with E-state index in [1.165, 1.54) is 12.1 Å². The molecule has 0 aliphatic carbocycles. The molecule has 0 spiro atoms. The average Bonchev–Trinajstić information content (AvgIpc) is 2.76. The minimum atomic E-state index is -0.250. The van der Waals surface area contributed by atoms with Gasteiger partial charge in [0.15, 0.2) is 0 Å². The van der Waals surface area contributed by atoms with Crippen LogP contribution in [0.4, 0.5) is 4.39 Å². The van der Waals surface area contributed by atoms with Gasteiger partial charge < -0.3 is 4.74 Å². The highest BCUT2D eigenvalue weighted by molar-refractivity contribution is 5.88. The van der Waals surface area contributed by atoms with Crippen LogP contribution in [0.2, 0.25) is 0 Å². The molecule has 0 radical (unpaired) electrons. The van der Waals surface area contributed by atoms with Gasteiger partial charge in [-0.1, -0.05) is 55.0 Å². The van der Waals surface area contributed by atoms with E-state index in [9.17, 15) is 4.39 Å². The third kappa shape index (κ3) is 4.34. The van der Waals surface area contributed by atoms with Gasteiger partial charge in [0.1, 0.15) is 23.9 Å². The lowest BCUT2D eigenvalue weighted by Crippen LogP contribution is -1.92. The Labute approximate surface area is 169 Å². The molecule has 3 aromatic carbocycles. The summed E-state index contributed by atoms with van der Waals surface area (Å²) < 4.78 is 18.9. The topological polar surface area (TPSA) is 22.1 Å². The summed E-state index contributed by atoms with van der Waals surface area (Å²) in [5.41, 5.74) is 3.59. The molecule has 0 atom stereocenters. The summed E-state index contributed by atoms with van der Waals surface area (Å²) in [6.07, 6.45) is 3.52. The van der Waals surface area contributed by atoms with Crippen LogP contribution < -0.4 is 4.74 Å². The predicted octanol–water partition coefficient (Wildman–Crippen LogP) is 6.01. The Hall–Kier alpha value is -3.90. The van der Waals surface area contributed by atoms with E-state index in [0.717, 1.165) is 33.2 Å². The zero-order chi connectivity index (χ0) is 20.1. The largest absolute Gasteiger partial charge is 0.490 e. The van der Waals surface area contributed by atoms with Gasteiger partial charge in [-0.3, -0.25) is 0 Å². The second-order valence-corrected chi connectivity index (χ2v) is 6.48. The lowest BCUT2D eigenvalue weighted by Gasteiger charge is -2.05. The van der Waals surface area contributed by atoms with E-state index in [0.29, 0.717) is 12.3 Å². The second kappa shape index (κ2) is 8.41. The van der Waals surface area contributed by atoms with Gasteiger partial charge in [0, 0.05) is 17.3 Å². The summed E-state index contributed by atoms with van der Waals surface area (Å²) >= 11 is 0. The summed E-state index contributed by atoms with van der Waals surface area (Å²) in [7, 11) is 0. The number of benzene rings is 3. The van der Waals surface area contributed by atoms with Crippen molar-refractivity contribution in [3.05, 3.63) is 109 Å². The van der Waals surface area contributed by atoms with Crippen LogP contribution in [0.5, 0.6) is 5.75 Å². The number of hydrogen-bond donors (Lipinski definition) is 0. The van der Waals surface area contributed by atoms with Crippen LogP contribution in [0.15, 0.2) is 91.6 Å². The zero-order valence-electron chi connectivity index (χ0n) is 15.7. The Morgan fingerprint density at radius 2 is 1.76 bits per heavy atom. The number of aromatic nitrogens is 1. The molecular weight excluding hydrogens is 361 g/mol. The Kier molecular flexibility index (Phi) is 5.36. The van der Waals surface area contributed by atoms with Gasteiger partial charge in [-0.05, 0) is 58.7 Å². The Morgan fingerprint density at radius 1 is 0.931 bits per heavy atom. The summed E-state index contributed by atoms with van der Waals surface area (Å²) in [6, 6.07) is 22.2. The minimum Gasteiger partial charge on any atom is -0.490 e. The van der Waals surface area contributed by atoms with Crippen molar-refractivity contribution in [2.45, 2.75) is 0 Å². The van der Waals surface area contributed by atoms with Crippen molar-refractivity contribution in [1.82, 2.24) is 4.98 Å². The summed E-state index contributed by atoms with van der Waals surface area (Å²) in [6.45, 7) is 4.13. The lowest BCUT2D eigenvalue weighted by atomic mass is 10.0. The van der Waals surface area contributed by atoms with Crippen LogP contribution >= 0.6 is 0 Å². The van der Waals surface area contributed by atoms with Gasteiger partial charge in [-0.15, -0.1) is 0 Å². The summed E-state index contributed by atoms with van der Waals surface area (Å²) in [4.78, 5) is 4.46. The van der Waals surface area contributed by atoms with Crippen LogP contribution in [0.3, 0.4) is 0 Å². The fraction of sp³-hybridized carbons (Fsp3) is 0.0385. The van der Waals surface area contributed by atoms with E-state index < -0.39 is 0 Å². The third-order valence-corrected chi connectivity index (χ3v) is 4.49. The maximum absolute atomic E-state index is 13.4. The molecule has 4 aromatic rings. The molecule has 140 valence electrons. The van der Waals surface area contributed by atoms with Crippen LogP contribution in [0.1, 0.15) is 11.3 Å². The third-order valence-electron chi connectivity index (χ3n) is 4.49. The standard InChI is InChI=1S/C26H18FNO/c1-2-16-29-25-13-8-19(9-14-25)22-7-12-24(28-18-22)11-6-20-4-3-5-21-17-23(27)10-15-26(20)21/h2-5,7-10,12-15,17-18H,1,16H2. The fourth-order valence-electron chi connectivity index (χ4n) is 3.03. The van der Waals surface area contributed by atoms with Crippen molar-refractivity contribution >= 4 is 10.8 Å². The van der Waals surface area contributed by atoms with E-state index in [-0.39, 0.29) is 5.82 Å². The molecule has 0 bridgehead atoms. The number of rotatable bonds is 4. The van der Waals surface area contributed by atoms with Gasteiger partial charge in [-0.25, -0.2) is 9.37 Å². The first-order chi connectivity index (χ1) is 14.2. The monoisotopic (exact) mass is 379 g/mol. The molecule has 4 rings (SSSR count). The highest BCUT2D eigenvalue weighted by Crippen LogP contribution is 2.22. The molecule has 0 aliphatic rings. The number of nitrogens with zero attached hydrogens (tertiary/aromatic N) is 1. The molecule has 1 heterocycles. The first-order valence-electron chi connectivity index (χ1n) is 9.23. The molecular formula is C26H18FNO. The number of fused-ring (bicyclic) bond motifs is 1. The van der Waals surface area contributed by atoms with Crippen molar-refractivity contribution < 1.29 is 9.13 Å². The van der Waals surface area contributed by atoms with Crippen LogP contribution in [0.25, 0.3) is 21.9 Å². The minimum absolute atomic E-state index is 0.250. The first-order valence-corrected chi connectivity index (χ1v) is 9.23. The van der Waals surface area contributed by atoms with E-state index >= 15 is 0 Å². The van der Waals surface area contributed by atoms with Gasteiger partial charge in [-0.2, -0.15) is 0 Å². The second-order valence-electron chi connectivity index (χ2n) is 6.48. The molecule has 0 fully saturated rings. The van der Waals surface area contributed by atoms with Crippen LogP contribution in [-0.4, -0.2) is 11.6 Å². The van der Waals surface area contributed by atoms with Gasteiger partial charge in [0.2, 0.25) is 0 Å². The zero-order valence-corrected chi connectivity index (χ0v) is 15.7. The molecule has 0 amide bonds. The Balaban J connectivity index is 1.55. The van der Waals surface area contributed by atoms with Crippen LogP contribution in [-0.2, 0) is 0 Å². The van der Waals surface area contributed by atoms with Crippen molar-refractivity contribution in [3.8, 4) is 28.7 Å². The number of hydrogen-bond acceptors (Lipinski definition) is 2. The molecule has 0 N–H and O–H groups in total. The molecule has 0 unspecified atom stereocenters. The molecule has 1 aromatic heterocycles. The quantitative estimate of drug-likeness (QED) is 0.320. The predicted molar refractivity (Wildman–Crippen MR) is 115 cm³/mol. The van der Waals surface area contributed by atoms with Crippen LogP contribution in [0, 0.1) is 17.7 Å². The van der Waals surface area contributed by atoms with E-state index in [2.05, 4.69) is 23.4 Å². The Morgan fingerprint density at radius 3 is 2.52 bits per heavy atom. The normalized spacial score (nSPS) is 10.2. The van der Waals surface area contributed by atoms with Gasteiger partial charge in [0.25, 0.3) is 0 Å². The van der Waals surface area contributed by atoms with Crippen molar-refractivity contribution in [2.75, 3.05) is 6.61 Å². The molecule has 29 heavy (non-hydrogen) atoms. The smallest absolute Gasteiger partial charge is 0.123 e. The number of pyridine rings is 1. The summed E-state index contributed by atoms with van der Waals surface area (Å²) in [5, 5.41) is 1.76. The van der Waals surface area contributed by atoms with E-state index in [4.69, 9.17) is 4.74 Å². The van der Waals surface area contributed by atoms with Gasteiger partial charge >= 0.3 is 0 Å². The summed E-state index contributed by atoms with van der Waals surface area (Å²) in [5.74, 6) is 6.80. The highest BCUT2D eigenvalue weighted by Gasteiger charge is 2.01.